The molecule has 0 aromatic rings. The van der Waals surface area contributed by atoms with Crippen LogP contribution in [0.4, 0.5) is 0 Å². The molecule has 1 amide bonds. The highest BCUT2D eigenvalue weighted by atomic mass is 16.6. The number of carbonyl (C=O) groups excluding carboxylic acids is 1. The van der Waals surface area contributed by atoms with Gasteiger partial charge in [0.1, 0.15) is 0 Å². The number of nitrogens with one attached hydrogen (secondary N) is 2. The van der Waals surface area contributed by atoms with Crippen LogP contribution in [0.25, 0.3) is 0 Å². The second kappa shape index (κ2) is 3.64. The summed E-state index contributed by atoms with van der Waals surface area (Å²) in [6, 6.07) is -0.0209. The Morgan fingerprint density at radius 1 is 1.54 bits per heavy atom. The minimum Gasteiger partial charge on any atom is -0.305 e. The molecule has 3 unspecified atom stereocenters. The molecule has 1 aliphatic heterocycles. The summed E-state index contributed by atoms with van der Waals surface area (Å²) in [5, 5.41) is 3.25. The maximum Gasteiger partial charge on any atom is 0.260 e. The average molecular weight is 184 g/mol. The van der Waals surface area contributed by atoms with Crippen molar-refractivity contribution in [3.63, 3.8) is 0 Å². The number of fused-ring (bicyclic) bond motifs is 1. The van der Waals surface area contributed by atoms with Gasteiger partial charge in [0.15, 0.2) is 0 Å². The SMILES string of the molecule is CONC(=O)C1NCC2CCCC21. The number of carbonyl (C=O) groups is 1. The first-order chi connectivity index (χ1) is 6.33. The summed E-state index contributed by atoms with van der Waals surface area (Å²) < 4.78 is 0. The lowest BCUT2D eigenvalue weighted by Gasteiger charge is -2.16. The molecule has 2 N–H and O–H groups in total. The number of hydroxylamine groups is 1. The molecule has 0 aromatic heterocycles. The first-order valence-corrected chi connectivity index (χ1v) is 4.89. The van der Waals surface area contributed by atoms with E-state index in [9.17, 15) is 4.79 Å². The van der Waals surface area contributed by atoms with Crippen LogP contribution in [0, 0.1) is 11.8 Å². The third-order valence-corrected chi connectivity index (χ3v) is 3.23. The van der Waals surface area contributed by atoms with Crippen molar-refractivity contribution >= 4 is 5.91 Å². The Morgan fingerprint density at radius 3 is 3.15 bits per heavy atom. The van der Waals surface area contributed by atoms with Crippen LogP contribution in [-0.2, 0) is 9.63 Å². The van der Waals surface area contributed by atoms with Crippen LogP contribution in [0.1, 0.15) is 19.3 Å². The molecule has 2 rings (SSSR count). The molecular weight excluding hydrogens is 168 g/mol. The van der Waals surface area contributed by atoms with Crippen molar-refractivity contribution in [3.8, 4) is 0 Å². The van der Waals surface area contributed by atoms with Gasteiger partial charge in [-0.25, -0.2) is 5.48 Å². The van der Waals surface area contributed by atoms with Gasteiger partial charge in [-0.3, -0.25) is 9.63 Å². The average Bonchev–Trinajstić information content (AvgIpc) is 2.62. The van der Waals surface area contributed by atoms with Crippen LogP contribution in [0.3, 0.4) is 0 Å². The second-order valence-corrected chi connectivity index (χ2v) is 3.91. The molecule has 1 saturated carbocycles. The number of hydrogen-bond donors (Lipinski definition) is 2. The zero-order valence-electron chi connectivity index (χ0n) is 7.88. The van der Waals surface area contributed by atoms with Crippen LogP contribution in [0.5, 0.6) is 0 Å². The topological polar surface area (TPSA) is 50.4 Å². The fourth-order valence-electron chi connectivity index (χ4n) is 2.64. The quantitative estimate of drug-likeness (QED) is 0.596. The molecule has 3 atom stereocenters. The molecule has 2 fully saturated rings. The second-order valence-electron chi connectivity index (χ2n) is 3.91. The first-order valence-electron chi connectivity index (χ1n) is 4.89. The van der Waals surface area contributed by atoms with Gasteiger partial charge in [0.25, 0.3) is 5.91 Å². The third kappa shape index (κ3) is 1.56. The van der Waals surface area contributed by atoms with E-state index in [1.54, 1.807) is 0 Å². The standard InChI is InChI=1S/C9H16N2O2/c1-13-11-9(12)8-7-4-2-3-6(7)5-10-8/h6-8,10H,2-5H2,1H3,(H,11,12). The van der Waals surface area contributed by atoms with Gasteiger partial charge < -0.3 is 5.32 Å². The maximum absolute atomic E-state index is 11.5. The van der Waals surface area contributed by atoms with Gasteiger partial charge >= 0.3 is 0 Å². The first kappa shape index (κ1) is 8.97. The molecule has 13 heavy (non-hydrogen) atoms. The van der Waals surface area contributed by atoms with Gasteiger partial charge in [-0.05, 0) is 31.2 Å². The number of rotatable bonds is 2. The lowest BCUT2D eigenvalue weighted by atomic mass is 9.94. The Hall–Kier alpha value is -0.610. The van der Waals surface area contributed by atoms with Crippen LogP contribution in [0.15, 0.2) is 0 Å². The third-order valence-electron chi connectivity index (χ3n) is 3.23. The Kier molecular flexibility index (Phi) is 2.51. The van der Waals surface area contributed by atoms with E-state index >= 15 is 0 Å². The molecule has 4 nitrogen and oxygen atoms in total. The molecule has 0 bridgehead atoms. The van der Waals surface area contributed by atoms with E-state index in [0.717, 1.165) is 6.54 Å². The van der Waals surface area contributed by atoms with Gasteiger partial charge in [0.05, 0.1) is 13.2 Å². The van der Waals surface area contributed by atoms with Crippen molar-refractivity contribution < 1.29 is 9.63 Å². The van der Waals surface area contributed by atoms with Crippen LogP contribution in [-0.4, -0.2) is 25.6 Å². The highest BCUT2D eigenvalue weighted by Gasteiger charge is 2.42. The largest absolute Gasteiger partial charge is 0.305 e. The van der Waals surface area contributed by atoms with Crippen molar-refractivity contribution in [2.24, 2.45) is 11.8 Å². The van der Waals surface area contributed by atoms with Crippen molar-refractivity contribution in [2.45, 2.75) is 25.3 Å². The predicted octanol–water partition coefficient (Wildman–Crippen LogP) is 0.0521. The molecule has 2 aliphatic rings. The van der Waals surface area contributed by atoms with E-state index in [2.05, 4.69) is 15.6 Å². The zero-order valence-corrected chi connectivity index (χ0v) is 7.88. The van der Waals surface area contributed by atoms with Gasteiger partial charge in [0.2, 0.25) is 0 Å². The van der Waals surface area contributed by atoms with Crippen molar-refractivity contribution in [1.82, 2.24) is 10.8 Å². The fraction of sp³-hybridized carbons (Fsp3) is 0.889. The Balaban J connectivity index is 1.96. The molecule has 74 valence electrons. The monoisotopic (exact) mass is 184 g/mol. The maximum atomic E-state index is 11.5. The normalized spacial score (nSPS) is 37.5. The van der Waals surface area contributed by atoms with Crippen molar-refractivity contribution in [2.75, 3.05) is 13.7 Å². The summed E-state index contributed by atoms with van der Waals surface area (Å²) in [5.74, 6) is 1.24. The van der Waals surface area contributed by atoms with Gasteiger partial charge in [-0.2, -0.15) is 0 Å². The summed E-state index contributed by atoms with van der Waals surface area (Å²) in [7, 11) is 1.47. The predicted molar refractivity (Wildman–Crippen MR) is 47.8 cm³/mol. The Morgan fingerprint density at radius 2 is 2.38 bits per heavy atom. The lowest BCUT2D eigenvalue weighted by Crippen LogP contribution is -2.43. The number of hydrogen-bond acceptors (Lipinski definition) is 3. The van der Waals surface area contributed by atoms with E-state index in [1.165, 1.54) is 26.4 Å². The smallest absolute Gasteiger partial charge is 0.260 e. The van der Waals surface area contributed by atoms with E-state index in [0.29, 0.717) is 11.8 Å². The molecule has 0 aromatic carbocycles. The lowest BCUT2D eigenvalue weighted by molar-refractivity contribution is -0.134. The van der Waals surface area contributed by atoms with Crippen LogP contribution in [0.2, 0.25) is 0 Å². The summed E-state index contributed by atoms with van der Waals surface area (Å²) in [6.07, 6.45) is 3.72. The molecular formula is C9H16N2O2. The summed E-state index contributed by atoms with van der Waals surface area (Å²) in [4.78, 5) is 16.1. The van der Waals surface area contributed by atoms with E-state index < -0.39 is 0 Å². The zero-order chi connectivity index (χ0) is 9.26. The van der Waals surface area contributed by atoms with Gasteiger partial charge in [0, 0.05) is 0 Å². The molecule has 4 heteroatoms. The minimum absolute atomic E-state index is 0.0168. The summed E-state index contributed by atoms with van der Waals surface area (Å²) in [6.45, 7) is 0.993. The molecule has 1 saturated heterocycles. The molecule has 1 heterocycles. The van der Waals surface area contributed by atoms with Crippen LogP contribution >= 0.6 is 0 Å². The Bertz CT molecular complexity index is 208. The highest BCUT2D eigenvalue weighted by Crippen LogP contribution is 2.37. The van der Waals surface area contributed by atoms with Crippen molar-refractivity contribution in [1.29, 1.82) is 0 Å². The Labute approximate surface area is 78.0 Å². The molecule has 0 spiro atoms. The fourth-order valence-corrected chi connectivity index (χ4v) is 2.64. The van der Waals surface area contributed by atoms with E-state index in [-0.39, 0.29) is 11.9 Å². The molecule has 1 aliphatic carbocycles. The van der Waals surface area contributed by atoms with Crippen molar-refractivity contribution in [3.05, 3.63) is 0 Å². The van der Waals surface area contributed by atoms with E-state index in [1.807, 2.05) is 0 Å². The highest BCUT2D eigenvalue weighted by molar-refractivity contribution is 5.81. The van der Waals surface area contributed by atoms with E-state index in [4.69, 9.17) is 0 Å². The summed E-state index contributed by atoms with van der Waals surface area (Å²) in [5.41, 5.74) is 2.40. The minimum atomic E-state index is -0.0209. The van der Waals surface area contributed by atoms with Gasteiger partial charge in [-0.15, -0.1) is 0 Å². The number of amides is 1. The van der Waals surface area contributed by atoms with Crippen LogP contribution < -0.4 is 10.8 Å². The van der Waals surface area contributed by atoms with Gasteiger partial charge in [-0.1, -0.05) is 6.42 Å². The summed E-state index contributed by atoms with van der Waals surface area (Å²) >= 11 is 0. The molecule has 0 radical (unpaired) electrons.